The molecule has 1 heterocycles. The highest BCUT2D eigenvalue weighted by Gasteiger charge is 2.39. The molecule has 1 aliphatic rings. The summed E-state index contributed by atoms with van der Waals surface area (Å²) in [7, 11) is 0. The Morgan fingerprint density at radius 3 is 2.79 bits per heavy atom. The van der Waals surface area contributed by atoms with E-state index in [1.807, 2.05) is 0 Å². The van der Waals surface area contributed by atoms with Gasteiger partial charge in [0.2, 0.25) is 0 Å². The number of thiophene rings is 1. The molecular weight excluding hydrogens is 250 g/mol. The van der Waals surface area contributed by atoms with E-state index in [-0.39, 0.29) is 5.41 Å². The maximum atomic E-state index is 3.83. The summed E-state index contributed by atoms with van der Waals surface area (Å²) in [4.78, 5) is 0. The molecule has 0 saturated carbocycles. The van der Waals surface area contributed by atoms with Gasteiger partial charge >= 0.3 is 0 Å². The van der Waals surface area contributed by atoms with Crippen LogP contribution in [0.4, 0.5) is 0 Å². The second-order valence-electron chi connectivity index (χ2n) is 6.24. The number of hydrogen-bond donors (Lipinski definition) is 1. The van der Waals surface area contributed by atoms with E-state index in [1.165, 1.54) is 16.7 Å². The molecule has 1 aliphatic carbocycles. The molecule has 1 N–H and O–H groups in total. The molecule has 1 aromatic carbocycles. The van der Waals surface area contributed by atoms with Crippen LogP contribution in [0, 0.1) is 5.41 Å². The van der Waals surface area contributed by atoms with Gasteiger partial charge in [0.15, 0.2) is 0 Å². The third-order valence-corrected chi connectivity index (χ3v) is 4.95. The quantitative estimate of drug-likeness (QED) is 0.851. The molecule has 0 bridgehead atoms. The van der Waals surface area contributed by atoms with Crippen molar-refractivity contribution in [3.63, 3.8) is 0 Å². The second-order valence-corrected chi connectivity index (χ2v) is 7.02. The zero-order valence-corrected chi connectivity index (χ0v) is 12.6. The fourth-order valence-electron chi connectivity index (χ4n) is 3.17. The van der Waals surface area contributed by atoms with Crippen molar-refractivity contribution in [2.75, 3.05) is 0 Å². The Kier molecular flexibility index (Phi) is 3.23. The summed E-state index contributed by atoms with van der Waals surface area (Å²) in [6, 6.07) is 11.9. The number of hydrogen-bond acceptors (Lipinski definition) is 2. The zero-order chi connectivity index (χ0) is 13.5. The average Bonchev–Trinajstić information content (AvgIpc) is 2.96. The highest BCUT2D eigenvalue weighted by molar-refractivity contribution is 7.07. The van der Waals surface area contributed by atoms with Crippen LogP contribution in [0.15, 0.2) is 41.1 Å². The molecule has 2 unspecified atom stereocenters. The van der Waals surface area contributed by atoms with E-state index >= 15 is 0 Å². The minimum absolute atomic E-state index is 0.286. The van der Waals surface area contributed by atoms with Gasteiger partial charge < -0.3 is 5.32 Å². The van der Waals surface area contributed by atoms with E-state index in [1.54, 1.807) is 11.3 Å². The Labute approximate surface area is 119 Å². The molecule has 0 amide bonds. The molecule has 0 radical (unpaired) electrons. The first-order chi connectivity index (χ1) is 9.08. The first-order valence-electron chi connectivity index (χ1n) is 6.94. The molecule has 0 saturated heterocycles. The van der Waals surface area contributed by atoms with E-state index in [4.69, 9.17) is 0 Å². The average molecular weight is 271 g/mol. The maximum absolute atomic E-state index is 3.83. The summed E-state index contributed by atoms with van der Waals surface area (Å²) in [5.74, 6) is 0. The topological polar surface area (TPSA) is 12.0 Å². The highest BCUT2D eigenvalue weighted by Crippen LogP contribution is 2.46. The second kappa shape index (κ2) is 4.77. The minimum Gasteiger partial charge on any atom is -0.303 e. The van der Waals surface area contributed by atoms with Crippen molar-refractivity contribution in [1.82, 2.24) is 5.32 Å². The van der Waals surface area contributed by atoms with Crippen molar-refractivity contribution in [2.24, 2.45) is 5.41 Å². The van der Waals surface area contributed by atoms with Crippen LogP contribution in [-0.4, -0.2) is 0 Å². The molecule has 0 fully saturated rings. The predicted molar refractivity (Wildman–Crippen MR) is 82.5 cm³/mol. The minimum atomic E-state index is 0.286. The summed E-state index contributed by atoms with van der Waals surface area (Å²) in [5.41, 5.74) is 4.66. The van der Waals surface area contributed by atoms with Gasteiger partial charge in [-0.15, -0.1) is 0 Å². The van der Waals surface area contributed by atoms with Gasteiger partial charge in [-0.1, -0.05) is 38.1 Å². The molecule has 2 aromatic rings. The van der Waals surface area contributed by atoms with Gasteiger partial charge in [0.05, 0.1) is 0 Å². The molecule has 2 heteroatoms. The third kappa shape index (κ3) is 2.35. The maximum Gasteiger partial charge on any atom is 0.0382 e. The Hall–Kier alpha value is -1.12. The van der Waals surface area contributed by atoms with Crippen molar-refractivity contribution in [3.05, 3.63) is 57.8 Å². The van der Waals surface area contributed by atoms with Crippen molar-refractivity contribution < 1.29 is 0 Å². The van der Waals surface area contributed by atoms with E-state index < -0.39 is 0 Å². The van der Waals surface area contributed by atoms with Crippen LogP contribution in [0.25, 0.3) is 0 Å². The molecule has 1 nitrogen and oxygen atoms in total. The molecule has 0 aliphatic heterocycles. The zero-order valence-electron chi connectivity index (χ0n) is 11.8. The van der Waals surface area contributed by atoms with E-state index in [2.05, 4.69) is 67.2 Å². The molecule has 1 aromatic heterocycles. The monoisotopic (exact) mass is 271 g/mol. The van der Waals surface area contributed by atoms with E-state index in [0.717, 1.165) is 6.42 Å². The third-order valence-electron chi connectivity index (χ3n) is 4.25. The summed E-state index contributed by atoms with van der Waals surface area (Å²) in [6.07, 6.45) is 1.16. The smallest absolute Gasteiger partial charge is 0.0382 e. The van der Waals surface area contributed by atoms with Crippen LogP contribution in [0.3, 0.4) is 0 Å². The summed E-state index contributed by atoms with van der Waals surface area (Å²) < 4.78 is 0. The van der Waals surface area contributed by atoms with Crippen LogP contribution in [0.5, 0.6) is 0 Å². The normalized spacial score (nSPS) is 22.2. The van der Waals surface area contributed by atoms with Crippen LogP contribution in [-0.2, 0) is 6.42 Å². The van der Waals surface area contributed by atoms with Crippen LogP contribution in [0.1, 0.15) is 49.5 Å². The lowest BCUT2D eigenvalue weighted by molar-refractivity contribution is 0.252. The standard InChI is InChI=1S/C17H21NS/c1-12(14-8-9-19-11-14)18-16-15-7-5-4-6-13(15)10-17(16,2)3/h4-9,11-12,16,18H,10H2,1-3H3. The molecule has 100 valence electrons. The Bertz CT molecular complexity index is 556. The highest BCUT2D eigenvalue weighted by atomic mass is 32.1. The summed E-state index contributed by atoms with van der Waals surface area (Å²) in [6.45, 7) is 7.00. The molecule has 0 spiro atoms. The van der Waals surface area contributed by atoms with Gasteiger partial charge in [-0.2, -0.15) is 11.3 Å². The largest absolute Gasteiger partial charge is 0.303 e. The van der Waals surface area contributed by atoms with Crippen LogP contribution in [0.2, 0.25) is 0 Å². The van der Waals surface area contributed by atoms with Crippen LogP contribution < -0.4 is 5.32 Å². The van der Waals surface area contributed by atoms with E-state index in [9.17, 15) is 0 Å². The first-order valence-corrected chi connectivity index (χ1v) is 7.88. The van der Waals surface area contributed by atoms with Crippen molar-refractivity contribution in [3.8, 4) is 0 Å². The van der Waals surface area contributed by atoms with Gasteiger partial charge in [-0.25, -0.2) is 0 Å². The summed E-state index contributed by atoms with van der Waals surface area (Å²) in [5, 5.41) is 8.23. The molecule has 19 heavy (non-hydrogen) atoms. The van der Waals surface area contributed by atoms with Crippen molar-refractivity contribution >= 4 is 11.3 Å². The molecule has 2 atom stereocenters. The number of benzene rings is 1. The fourth-order valence-corrected chi connectivity index (χ4v) is 3.93. The van der Waals surface area contributed by atoms with Gasteiger partial charge in [0.25, 0.3) is 0 Å². The lowest BCUT2D eigenvalue weighted by atomic mass is 9.85. The molecular formula is C17H21NS. The number of fused-ring (bicyclic) bond motifs is 1. The Morgan fingerprint density at radius 2 is 2.05 bits per heavy atom. The van der Waals surface area contributed by atoms with Crippen molar-refractivity contribution in [1.29, 1.82) is 0 Å². The van der Waals surface area contributed by atoms with Crippen LogP contribution >= 0.6 is 11.3 Å². The SMILES string of the molecule is CC(NC1c2ccccc2CC1(C)C)c1ccsc1. The predicted octanol–water partition coefficient (Wildman–Crippen LogP) is 4.72. The Morgan fingerprint density at radius 1 is 1.26 bits per heavy atom. The van der Waals surface area contributed by atoms with Gasteiger partial charge in [-0.05, 0) is 52.3 Å². The summed E-state index contributed by atoms with van der Waals surface area (Å²) >= 11 is 1.77. The first kappa shape index (κ1) is 12.9. The Balaban J connectivity index is 1.87. The van der Waals surface area contributed by atoms with Gasteiger partial charge in [0.1, 0.15) is 0 Å². The fraction of sp³-hybridized carbons (Fsp3) is 0.412. The molecule has 3 rings (SSSR count). The number of nitrogens with one attached hydrogen (secondary N) is 1. The lowest BCUT2D eigenvalue weighted by Gasteiger charge is -2.31. The van der Waals surface area contributed by atoms with Gasteiger partial charge in [-0.3, -0.25) is 0 Å². The lowest BCUT2D eigenvalue weighted by Crippen LogP contribution is -2.32. The van der Waals surface area contributed by atoms with Crippen molar-refractivity contribution in [2.45, 2.75) is 39.3 Å². The van der Waals surface area contributed by atoms with E-state index in [0.29, 0.717) is 12.1 Å². The van der Waals surface area contributed by atoms with Gasteiger partial charge in [0, 0.05) is 12.1 Å². The number of rotatable bonds is 3.